The lowest BCUT2D eigenvalue weighted by Crippen LogP contribution is -2.23. The average molecular weight is 348 g/mol. The van der Waals surface area contributed by atoms with Crippen LogP contribution in [0.5, 0.6) is 0 Å². The second-order valence-electron chi connectivity index (χ2n) is 5.53. The van der Waals surface area contributed by atoms with Crippen molar-refractivity contribution in [2.75, 3.05) is 12.4 Å². The predicted octanol–water partition coefficient (Wildman–Crippen LogP) is 2.53. The minimum atomic E-state index is -0.535. The molecule has 0 saturated heterocycles. The summed E-state index contributed by atoms with van der Waals surface area (Å²) in [6.07, 6.45) is 4.65. The molecule has 0 fully saturated rings. The molecule has 0 saturated carbocycles. The normalized spacial score (nSPS) is 11.2. The van der Waals surface area contributed by atoms with E-state index in [1.165, 1.54) is 12.3 Å². The van der Waals surface area contributed by atoms with Crippen LogP contribution in [0.4, 0.5) is 5.69 Å². The summed E-state index contributed by atoms with van der Waals surface area (Å²) in [6, 6.07) is 12.4. The second kappa shape index (κ2) is 7.40. The van der Waals surface area contributed by atoms with E-state index in [0.717, 1.165) is 10.9 Å². The quantitative estimate of drug-likeness (QED) is 0.546. The number of likely N-dealkylation sites (N-methyl/N-ethyl adjacent to an activating group) is 1. The van der Waals surface area contributed by atoms with Gasteiger partial charge in [-0.2, -0.15) is 5.26 Å². The molecule has 0 aliphatic rings. The van der Waals surface area contributed by atoms with Gasteiger partial charge in [0.25, 0.3) is 5.91 Å². The van der Waals surface area contributed by atoms with Crippen LogP contribution in [0.3, 0.4) is 0 Å². The first-order valence-corrected chi connectivity index (χ1v) is 7.87. The van der Waals surface area contributed by atoms with Crippen molar-refractivity contribution in [1.82, 2.24) is 9.88 Å². The number of carbonyl (C=O) groups is 2. The van der Waals surface area contributed by atoms with E-state index in [1.807, 2.05) is 24.4 Å². The van der Waals surface area contributed by atoms with Gasteiger partial charge in [-0.25, -0.2) is 0 Å². The Kier molecular flexibility index (Phi) is 4.85. The van der Waals surface area contributed by atoms with E-state index in [2.05, 4.69) is 10.6 Å². The lowest BCUT2D eigenvalue weighted by molar-refractivity contribution is -0.121. The molecule has 2 N–H and O–H groups in total. The summed E-state index contributed by atoms with van der Waals surface area (Å²) in [5.41, 5.74) is 1.26. The van der Waals surface area contributed by atoms with Gasteiger partial charge in [0, 0.05) is 25.0 Å². The van der Waals surface area contributed by atoms with Crippen molar-refractivity contribution in [1.29, 1.82) is 5.26 Å². The molecule has 26 heavy (non-hydrogen) atoms. The number of carbonyl (C=O) groups excluding carboxylic acids is 2. The van der Waals surface area contributed by atoms with Crippen LogP contribution in [-0.4, -0.2) is 23.4 Å². The Morgan fingerprint density at radius 2 is 2.15 bits per heavy atom. The van der Waals surface area contributed by atoms with E-state index in [-0.39, 0.29) is 18.0 Å². The molecule has 1 aromatic carbocycles. The Morgan fingerprint density at radius 3 is 2.85 bits per heavy atom. The van der Waals surface area contributed by atoms with Crippen LogP contribution < -0.4 is 10.6 Å². The Balaban J connectivity index is 1.84. The number of hydrogen-bond donors (Lipinski definition) is 2. The van der Waals surface area contributed by atoms with Crippen LogP contribution in [-0.2, 0) is 16.1 Å². The zero-order chi connectivity index (χ0) is 18.5. The molecule has 130 valence electrons. The smallest absolute Gasteiger partial charge is 0.266 e. The maximum Gasteiger partial charge on any atom is 0.266 e. The molecule has 2 heterocycles. The van der Waals surface area contributed by atoms with Gasteiger partial charge >= 0.3 is 0 Å². The van der Waals surface area contributed by atoms with E-state index in [0.29, 0.717) is 11.4 Å². The van der Waals surface area contributed by atoms with E-state index in [1.54, 1.807) is 35.9 Å². The van der Waals surface area contributed by atoms with Crippen LogP contribution in [0.2, 0.25) is 0 Å². The van der Waals surface area contributed by atoms with Crippen molar-refractivity contribution in [2.45, 2.75) is 6.54 Å². The Bertz CT molecular complexity index is 1020. The summed E-state index contributed by atoms with van der Waals surface area (Å²) < 4.78 is 6.91. The van der Waals surface area contributed by atoms with Gasteiger partial charge < -0.3 is 19.6 Å². The van der Waals surface area contributed by atoms with Crippen molar-refractivity contribution >= 4 is 34.5 Å². The van der Waals surface area contributed by atoms with E-state index in [9.17, 15) is 14.9 Å². The highest BCUT2D eigenvalue weighted by molar-refractivity contribution is 6.10. The van der Waals surface area contributed by atoms with Gasteiger partial charge in [-0.1, -0.05) is 6.07 Å². The predicted molar refractivity (Wildman–Crippen MR) is 96.9 cm³/mol. The summed E-state index contributed by atoms with van der Waals surface area (Å²) in [7, 11) is 1.58. The molecule has 7 nitrogen and oxygen atoms in total. The lowest BCUT2D eigenvalue weighted by atomic mass is 10.2. The fraction of sp³-hybridized carbons (Fsp3) is 0.105. The highest BCUT2D eigenvalue weighted by atomic mass is 16.3. The van der Waals surface area contributed by atoms with Gasteiger partial charge in [0.05, 0.1) is 11.8 Å². The fourth-order valence-corrected chi connectivity index (χ4v) is 2.50. The van der Waals surface area contributed by atoms with E-state index >= 15 is 0 Å². The second-order valence-corrected chi connectivity index (χ2v) is 5.53. The van der Waals surface area contributed by atoms with Crippen LogP contribution in [0.25, 0.3) is 17.0 Å². The number of furan rings is 1. The number of fused-ring (bicyclic) bond motifs is 1. The molecule has 0 atom stereocenters. The number of amides is 2. The maximum absolute atomic E-state index is 12.3. The Labute approximate surface area is 149 Å². The minimum Gasteiger partial charge on any atom is -0.465 e. The molecule has 0 bridgehead atoms. The zero-order valence-corrected chi connectivity index (χ0v) is 14.0. The fourth-order valence-electron chi connectivity index (χ4n) is 2.50. The monoisotopic (exact) mass is 348 g/mol. The molecular weight excluding hydrogens is 332 g/mol. The summed E-state index contributed by atoms with van der Waals surface area (Å²) in [5, 5.41) is 15.4. The van der Waals surface area contributed by atoms with Crippen LogP contribution in [0, 0.1) is 11.3 Å². The highest BCUT2D eigenvalue weighted by Crippen LogP contribution is 2.21. The van der Waals surface area contributed by atoms with Crippen molar-refractivity contribution in [3.8, 4) is 6.07 Å². The molecule has 2 aromatic heterocycles. The number of anilines is 1. The molecule has 3 rings (SSSR count). The Morgan fingerprint density at radius 1 is 1.31 bits per heavy atom. The van der Waals surface area contributed by atoms with Gasteiger partial charge in [-0.3, -0.25) is 9.59 Å². The molecular formula is C19H16N4O3. The first kappa shape index (κ1) is 17.0. The van der Waals surface area contributed by atoms with E-state index < -0.39 is 5.91 Å². The SMILES string of the molecule is CNC(=O)Cn1ccc2ccc(NC(=O)/C(C#N)=C\c3ccco3)cc21. The standard InChI is InChI=1S/C19H16N4O3/c1-21-18(24)12-23-7-6-13-4-5-15(10-17(13)23)22-19(25)14(11-20)9-16-3-2-8-26-16/h2-10H,12H2,1H3,(H,21,24)(H,22,25)/b14-9-. The number of hydrogen-bond acceptors (Lipinski definition) is 4. The van der Waals surface area contributed by atoms with Crippen molar-refractivity contribution < 1.29 is 14.0 Å². The van der Waals surface area contributed by atoms with E-state index in [4.69, 9.17) is 4.42 Å². The van der Waals surface area contributed by atoms with Gasteiger partial charge in [0.1, 0.15) is 23.9 Å². The van der Waals surface area contributed by atoms with Crippen LogP contribution in [0.15, 0.2) is 58.8 Å². The van der Waals surface area contributed by atoms with Gasteiger partial charge in [-0.05, 0) is 35.7 Å². The number of benzene rings is 1. The summed E-state index contributed by atoms with van der Waals surface area (Å²) >= 11 is 0. The van der Waals surface area contributed by atoms with Crippen molar-refractivity contribution in [3.63, 3.8) is 0 Å². The summed E-state index contributed by atoms with van der Waals surface area (Å²) in [5.74, 6) is -0.232. The topological polar surface area (TPSA) is 100 Å². The Hall–Kier alpha value is -3.79. The third kappa shape index (κ3) is 3.65. The number of rotatable bonds is 5. The lowest BCUT2D eigenvalue weighted by Gasteiger charge is -2.07. The summed E-state index contributed by atoms with van der Waals surface area (Å²) in [6.45, 7) is 0.180. The summed E-state index contributed by atoms with van der Waals surface area (Å²) in [4.78, 5) is 23.9. The molecule has 0 spiro atoms. The molecule has 3 aromatic rings. The average Bonchev–Trinajstić information content (AvgIpc) is 3.29. The molecule has 0 unspecified atom stereocenters. The third-order valence-corrected chi connectivity index (χ3v) is 3.82. The van der Waals surface area contributed by atoms with Gasteiger partial charge in [0.15, 0.2) is 0 Å². The van der Waals surface area contributed by atoms with Crippen LogP contribution in [0.1, 0.15) is 5.76 Å². The molecule has 0 aliphatic carbocycles. The zero-order valence-electron chi connectivity index (χ0n) is 14.0. The number of nitriles is 1. The number of aromatic nitrogens is 1. The first-order chi connectivity index (χ1) is 12.6. The number of nitrogens with zero attached hydrogens (tertiary/aromatic N) is 2. The minimum absolute atomic E-state index is 0.0687. The molecule has 7 heteroatoms. The molecule has 2 amide bonds. The maximum atomic E-state index is 12.3. The van der Waals surface area contributed by atoms with Gasteiger partial charge in [0.2, 0.25) is 5.91 Å². The largest absolute Gasteiger partial charge is 0.465 e. The van der Waals surface area contributed by atoms with Crippen molar-refractivity contribution in [3.05, 3.63) is 60.2 Å². The number of nitrogens with one attached hydrogen (secondary N) is 2. The van der Waals surface area contributed by atoms with Crippen molar-refractivity contribution in [2.24, 2.45) is 0 Å². The first-order valence-electron chi connectivity index (χ1n) is 7.87. The van der Waals surface area contributed by atoms with Crippen LogP contribution >= 0.6 is 0 Å². The molecule has 0 aliphatic heterocycles. The molecule has 0 radical (unpaired) electrons. The van der Waals surface area contributed by atoms with Gasteiger partial charge in [-0.15, -0.1) is 0 Å². The highest BCUT2D eigenvalue weighted by Gasteiger charge is 2.12. The third-order valence-electron chi connectivity index (χ3n) is 3.82.